The molecule has 1 N–H and O–H groups in total. The average molecular weight is 390 g/mol. The second-order valence-electron chi connectivity index (χ2n) is 7.67. The molecular formula is C23H26N4O2. The highest BCUT2D eigenvalue weighted by Crippen LogP contribution is 2.35. The molecule has 0 aliphatic carbocycles. The van der Waals surface area contributed by atoms with Gasteiger partial charge in [-0.3, -0.25) is 9.69 Å². The Kier molecular flexibility index (Phi) is 5.45. The van der Waals surface area contributed by atoms with Crippen molar-refractivity contribution in [1.29, 1.82) is 5.26 Å². The largest absolute Gasteiger partial charge is 0.360 e. The number of nitrogens with zero attached hydrogens (tertiary/aromatic N) is 3. The topological polar surface area (TPSA) is 77.7 Å². The normalized spacial score (nSPS) is 19.1. The summed E-state index contributed by atoms with van der Waals surface area (Å²) in [6.07, 6.45) is 0. The van der Waals surface area contributed by atoms with Gasteiger partial charge in [-0.2, -0.15) is 5.26 Å². The van der Waals surface area contributed by atoms with Crippen molar-refractivity contribution >= 4 is 11.9 Å². The minimum absolute atomic E-state index is 0.0858. The quantitative estimate of drug-likeness (QED) is 0.791. The van der Waals surface area contributed by atoms with E-state index in [1.807, 2.05) is 70.2 Å². The summed E-state index contributed by atoms with van der Waals surface area (Å²) in [7, 11) is 1.61. The molecule has 1 atom stereocenters. The van der Waals surface area contributed by atoms with Crippen molar-refractivity contribution in [2.24, 2.45) is 4.99 Å². The second kappa shape index (κ2) is 7.69. The molecule has 6 heteroatoms. The molecule has 2 aromatic carbocycles. The molecule has 0 aromatic heterocycles. The van der Waals surface area contributed by atoms with E-state index < -0.39 is 11.3 Å². The van der Waals surface area contributed by atoms with Gasteiger partial charge in [0.25, 0.3) is 5.91 Å². The van der Waals surface area contributed by atoms with Crippen LogP contribution in [0.4, 0.5) is 0 Å². The molecule has 1 amide bonds. The molecule has 6 nitrogen and oxygen atoms in total. The van der Waals surface area contributed by atoms with Gasteiger partial charge in [0.2, 0.25) is 5.96 Å². The molecule has 0 radical (unpaired) electrons. The lowest BCUT2D eigenvalue weighted by atomic mass is 9.89. The van der Waals surface area contributed by atoms with E-state index in [1.165, 1.54) is 0 Å². The van der Waals surface area contributed by atoms with Crippen LogP contribution in [0.15, 0.2) is 53.5 Å². The third kappa shape index (κ3) is 3.87. The van der Waals surface area contributed by atoms with Crippen LogP contribution < -0.4 is 5.32 Å². The van der Waals surface area contributed by atoms with Crippen LogP contribution in [0.25, 0.3) is 11.1 Å². The number of likely N-dealkylation sites (N-methyl/N-ethyl adjacent to an activating group) is 1. The highest BCUT2D eigenvalue weighted by molar-refractivity contribution is 6.07. The Morgan fingerprint density at radius 1 is 1.21 bits per heavy atom. The SMILES string of the molecule is CCN1C(=O)C(C)(c2cccc(-c3cccc(C#N)c3)c2)N=C1NC(C)(C)OC. The fourth-order valence-electron chi connectivity index (χ4n) is 3.35. The number of carbonyl (C=O) groups is 1. The number of carbonyl (C=O) groups excluding carboxylic acids is 1. The van der Waals surface area contributed by atoms with E-state index in [2.05, 4.69) is 11.4 Å². The van der Waals surface area contributed by atoms with E-state index in [0.717, 1.165) is 16.7 Å². The smallest absolute Gasteiger partial charge is 0.261 e. The van der Waals surface area contributed by atoms with Crippen molar-refractivity contribution in [3.8, 4) is 17.2 Å². The van der Waals surface area contributed by atoms with Crippen LogP contribution in [-0.4, -0.2) is 36.1 Å². The summed E-state index contributed by atoms with van der Waals surface area (Å²) in [4.78, 5) is 19.7. The van der Waals surface area contributed by atoms with E-state index in [-0.39, 0.29) is 5.91 Å². The van der Waals surface area contributed by atoms with Gasteiger partial charge in [-0.15, -0.1) is 0 Å². The number of hydrogen-bond donors (Lipinski definition) is 1. The van der Waals surface area contributed by atoms with E-state index in [4.69, 9.17) is 9.73 Å². The second-order valence-corrected chi connectivity index (χ2v) is 7.67. The van der Waals surface area contributed by atoms with Gasteiger partial charge in [0.05, 0.1) is 11.6 Å². The number of nitrogens with one attached hydrogen (secondary N) is 1. The lowest BCUT2D eigenvalue weighted by molar-refractivity contribution is -0.130. The van der Waals surface area contributed by atoms with Crippen molar-refractivity contribution in [1.82, 2.24) is 10.2 Å². The maximum absolute atomic E-state index is 13.3. The first kappa shape index (κ1) is 20.6. The Morgan fingerprint density at radius 3 is 2.48 bits per heavy atom. The van der Waals surface area contributed by atoms with Crippen LogP contribution in [0.2, 0.25) is 0 Å². The number of hydrogen-bond acceptors (Lipinski definition) is 5. The van der Waals surface area contributed by atoms with E-state index >= 15 is 0 Å². The summed E-state index contributed by atoms with van der Waals surface area (Å²) in [6, 6.07) is 17.4. The van der Waals surface area contributed by atoms with Gasteiger partial charge < -0.3 is 10.1 Å². The van der Waals surface area contributed by atoms with Crippen molar-refractivity contribution in [3.63, 3.8) is 0 Å². The number of rotatable bonds is 5. The third-order valence-electron chi connectivity index (χ3n) is 5.24. The predicted molar refractivity (Wildman–Crippen MR) is 113 cm³/mol. The molecule has 3 rings (SSSR count). The number of nitriles is 1. The maximum Gasteiger partial charge on any atom is 0.261 e. The van der Waals surface area contributed by atoms with E-state index in [1.54, 1.807) is 18.1 Å². The maximum atomic E-state index is 13.3. The minimum atomic E-state index is -1.04. The van der Waals surface area contributed by atoms with Crippen LogP contribution in [-0.2, 0) is 15.1 Å². The Balaban J connectivity index is 2.03. The number of aliphatic imine (C=N–C) groups is 1. The zero-order chi connectivity index (χ0) is 21.2. The van der Waals surface area contributed by atoms with Crippen molar-refractivity contribution < 1.29 is 9.53 Å². The van der Waals surface area contributed by atoms with Crippen molar-refractivity contribution in [2.75, 3.05) is 13.7 Å². The summed E-state index contributed by atoms with van der Waals surface area (Å²) in [5.41, 5.74) is 1.57. The fourth-order valence-corrected chi connectivity index (χ4v) is 3.35. The zero-order valence-electron chi connectivity index (χ0n) is 17.5. The van der Waals surface area contributed by atoms with Gasteiger partial charge in [-0.05, 0) is 62.6 Å². The highest BCUT2D eigenvalue weighted by atomic mass is 16.5. The number of guanidine groups is 1. The summed E-state index contributed by atoms with van der Waals surface area (Å²) < 4.78 is 5.44. The molecule has 0 saturated carbocycles. The van der Waals surface area contributed by atoms with Crippen LogP contribution in [0.3, 0.4) is 0 Å². The van der Waals surface area contributed by atoms with Crippen LogP contribution in [0, 0.1) is 11.3 Å². The first-order valence-corrected chi connectivity index (χ1v) is 9.60. The first-order valence-electron chi connectivity index (χ1n) is 9.60. The third-order valence-corrected chi connectivity index (χ3v) is 5.24. The molecule has 0 saturated heterocycles. The van der Waals surface area contributed by atoms with Gasteiger partial charge in [-0.25, -0.2) is 4.99 Å². The van der Waals surface area contributed by atoms with Crippen LogP contribution in [0.5, 0.6) is 0 Å². The van der Waals surface area contributed by atoms with Gasteiger partial charge in [-0.1, -0.05) is 30.3 Å². The lowest BCUT2D eigenvalue weighted by Crippen LogP contribution is -2.51. The highest BCUT2D eigenvalue weighted by Gasteiger charge is 2.46. The molecule has 1 unspecified atom stereocenters. The molecule has 0 spiro atoms. The summed E-state index contributed by atoms with van der Waals surface area (Å²) >= 11 is 0. The molecular weight excluding hydrogens is 364 g/mol. The molecule has 29 heavy (non-hydrogen) atoms. The predicted octanol–water partition coefficient (Wildman–Crippen LogP) is 3.63. The number of methoxy groups -OCH3 is 1. The standard InChI is InChI=1S/C23H26N4O2/c1-6-27-20(28)23(4,26-21(27)25-22(2,3)29-5)19-12-8-11-18(14-19)17-10-7-9-16(13-17)15-24/h7-14H,6H2,1-5H3,(H,25,26). The Labute approximate surface area is 171 Å². The fraction of sp³-hybridized carbons (Fsp3) is 0.348. The summed E-state index contributed by atoms with van der Waals surface area (Å²) in [6.45, 7) is 8.02. The molecule has 1 aliphatic heterocycles. The Bertz CT molecular complexity index is 1010. The molecule has 2 aromatic rings. The van der Waals surface area contributed by atoms with Crippen molar-refractivity contribution in [2.45, 2.75) is 39.0 Å². The number of benzene rings is 2. The Hall–Kier alpha value is -3.17. The number of ether oxygens (including phenoxy) is 1. The molecule has 1 heterocycles. The van der Waals surface area contributed by atoms with Gasteiger partial charge in [0.1, 0.15) is 5.72 Å². The van der Waals surface area contributed by atoms with Gasteiger partial charge in [0.15, 0.2) is 5.54 Å². The Morgan fingerprint density at radius 2 is 1.86 bits per heavy atom. The average Bonchev–Trinajstić information content (AvgIpc) is 2.97. The molecule has 0 fully saturated rings. The zero-order valence-corrected chi connectivity index (χ0v) is 17.5. The van der Waals surface area contributed by atoms with E-state index in [9.17, 15) is 10.1 Å². The monoisotopic (exact) mass is 390 g/mol. The molecule has 150 valence electrons. The van der Waals surface area contributed by atoms with Crippen LogP contribution in [0.1, 0.15) is 38.8 Å². The minimum Gasteiger partial charge on any atom is -0.360 e. The van der Waals surface area contributed by atoms with Crippen LogP contribution >= 0.6 is 0 Å². The van der Waals surface area contributed by atoms with Gasteiger partial charge in [0, 0.05) is 13.7 Å². The van der Waals surface area contributed by atoms with E-state index in [0.29, 0.717) is 18.1 Å². The summed E-state index contributed by atoms with van der Waals surface area (Å²) in [5.74, 6) is 0.418. The van der Waals surface area contributed by atoms with Gasteiger partial charge >= 0.3 is 0 Å². The number of amides is 1. The molecule has 1 aliphatic rings. The molecule has 0 bridgehead atoms. The first-order chi connectivity index (χ1) is 13.7. The summed E-state index contributed by atoms with van der Waals surface area (Å²) in [5, 5.41) is 12.4. The van der Waals surface area contributed by atoms with Crippen molar-refractivity contribution in [3.05, 3.63) is 59.7 Å². The lowest BCUT2D eigenvalue weighted by Gasteiger charge is -2.28.